The molecule has 2 aromatic heterocycles. The highest BCUT2D eigenvalue weighted by atomic mass is 19.1. The molecular weight excluding hydrogens is 513 g/mol. The largest absolute Gasteiger partial charge is 0.496 e. The number of aliphatic hydroxyl groups excluding tert-OH is 1. The van der Waals surface area contributed by atoms with Gasteiger partial charge < -0.3 is 25.8 Å². The summed E-state index contributed by atoms with van der Waals surface area (Å²) < 4.78 is 42.0. The number of nitrogens with one attached hydrogen (secondary N) is 1. The predicted octanol–water partition coefficient (Wildman–Crippen LogP) is 3.38. The summed E-state index contributed by atoms with van der Waals surface area (Å²) in [6.45, 7) is 0.243. The summed E-state index contributed by atoms with van der Waals surface area (Å²) in [7, 11) is -2.85. The van der Waals surface area contributed by atoms with E-state index in [1.165, 1.54) is 30.6 Å². The van der Waals surface area contributed by atoms with Gasteiger partial charge in [-0.15, -0.1) is 0 Å². The summed E-state index contributed by atoms with van der Waals surface area (Å²) in [6, 6.07) is 13.4. The zero-order valence-corrected chi connectivity index (χ0v) is 21.1. The van der Waals surface area contributed by atoms with E-state index in [1.54, 1.807) is 30.5 Å². The van der Waals surface area contributed by atoms with E-state index in [-0.39, 0.29) is 41.5 Å². The van der Waals surface area contributed by atoms with Crippen molar-refractivity contribution in [2.24, 2.45) is 5.73 Å². The molecule has 1 aliphatic heterocycles. The lowest BCUT2D eigenvalue weighted by molar-refractivity contribution is 0.102. The van der Waals surface area contributed by atoms with Gasteiger partial charge in [-0.1, -0.05) is 12.1 Å². The van der Waals surface area contributed by atoms with Crippen LogP contribution < -0.4 is 20.7 Å². The minimum atomic E-state index is -2.85. The van der Waals surface area contributed by atoms with Crippen LogP contribution in [0.2, 0.25) is 0 Å². The highest BCUT2D eigenvalue weighted by molar-refractivity contribution is 6.05. The standard InChI is InChI=1S/C29H26FN7O3/c1-40-26-4-2-3-22(30)27(26)28-34-10-8-24(35-28)29(39)36-23-6-5-17(21-14-33-9-7-18(21)13-31)11-25(23)37-15-19(32)12-20(37)16-38/h2-11,14,19-20,38H,12,15-16,32H2,1H3,(H,36,39)/t19-,20-/m0/s1/i1D3. The number of aliphatic hydroxyl groups is 1. The minimum Gasteiger partial charge on any atom is -0.496 e. The molecule has 3 heterocycles. The lowest BCUT2D eigenvalue weighted by Gasteiger charge is -2.28. The smallest absolute Gasteiger partial charge is 0.274 e. The highest BCUT2D eigenvalue weighted by Gasteiger charge is 2.32. The van der Waals surface area contributed by atoms with Gasteiger partial charge in [-0.25, -0.2) is 14.4 Å². The third-order valence-corrected chi connectivity index (χ3v) is 6.66. The third-order valence-electron chi connectivity index (χ3n) is 6.66. The second kappa shape index (κ2) is 11.4. The second-order valence-corrected chi connectivity index (χ2v) is 9.18. The number of amides is 1. The molecule has 0 bridgehead atoms. The molecule has 1 fully saturated rings. The summed E-state index contributed by atoms with van der Waals surface area (Å²) in [5.74, 6) is -2.03. The van der Waals surface area contributed by atoms with Crippen molar-refractivity contribution in [1.29, 1.82) is 5.26 Å². The Kier molecular flexibility index (Phi) is 6.58. The first-order chi connectivity index (χ1) is 20.6. The Morgan fingerprint density at radius 2 is 2.20 bits per heavy atom. The molecule has 1 amide bonds. The van der Waals surface area contributed by atoms with Crippen molar-refractivity contribution in [3.8, 4) is 34.3 Å². The van der Waals surface area contributed by atoms with Crippen molar-refractivity contribution < 1.29 is 23.1 Å². The lowest BCUT2D eigenvalue weighted by Crippen LogP contribution is -2.33. The average molecular weight is 543 g/mol. The number of benzene rings is 2. The maximum Gasteiger partial charge on any atom is 0.274 e. The molecule has 0 saturated carbocycles. The number of nitrogens with zero attached hydrogens (tertiary/aromatic N) is 5. The predicted molar refractivity (Wildman–Crippen MR) is 147 cm³/mol. The molecule has 202 valence electrons. The zero-order valence-electron chi connectivity index (χ0n) is 24.1. The van der Waals surface area contributed by atoms with E-state index in [4.69, 9.17) is 14.6 Å². The van der Waals surface area contributed by atoms with E-state index in [9.17, 15) is 19.6 Å². The number of hydrogen-bond donors (Lipinski definition) is 3. The zero-order chi connectivity index (χ0) is 30.7. The summed E-state index contributed by atoms with van der Waals surface area (Å²) in [5.41, 5.74) is 8.39. The highest BCUT2D eigenvalue weighted by Crippen LogP contribution is 2.37. The molecule has 2 aromatic carbocycles. The molecule has 1 saturated heterocycles. The van der Waals surface area contributed by atoms with Crippen LogP contribution in [0.4, 0.5) is 15.8 Å². The van der Waals surface area contributed by atoms with E-state index >= 15 is 0 Å². The number of methoxy groups -OCH3 is 1. The molecule has 0 radical (unpaired) electrons. The Balaban J connectivity index is 1.52. The molecule has 0 unspecified atom stereocenters. The molecule has 0 aliphatic carbocycles. The molecule has 11 heteroatoms. The number of nitrogens with two attached hydrogens (primary N) is 1. The molecule has 4 N–H and O–H groups in total. The van der Waals surface area contributed by atoms with Gasteiger partial charge >= 0.3 is 0 Å². The maximum absolute atomic E-state index is 14.8. The topological polar surface area (TPSA) is 150 Å². The van der Waals surface area contributed by atoms with Gasteiger partial charge in [0, 0.05) is 36.7 Å². The average Bonchev–Trinajstić information content (AvgIpc) is 3.37. The van der Waals surface area contributed by atoms with Gasteiger partial charge in [-0.05, 0) is 48.4 Å². The number of anilines is 2. The SMILES string of the molecule is [2H]C([2H])([2H])Oc1cccc(F)c1-c1nccc(C(=O)Nc2ccc(-c3cnccc3C#N)cc2N2C[C@@H](N)C[C@H]2CO)n1. The van der Waals surface area contributed by atoms with Crippen LogP contribution in [0.3, 0.4) is 0 Å². The van der Waals surface area contributed by atoms with Gasteiger partial charge in [0.05, 0.1) is 52.4 Å². The number of hydrogen-bond acceptors (Lipinski definition) is 9. The van der Waals surface area contributed by atoms with Crippen LogP contribution in [0.25, 0.3) is 22.5 Å². The first-order valence-corrected chi connectivity index (χ1v) is 12.3. The number of aromatic nitrogens is 3. The van der Waals surface area contributed by atoms with E-state index in [0.29, 0.717) is 41.0 Å². The Morgan fingerprint density at radius 3 is 3.00 bits per heavy atom. The van der Waals surface area contributed by atoms with E-state index in [1.807, 2.05) is 4.90 Å². The molecule has 1 aliphatic rings. The molecule has 4 aromatic rings. The Labute approximate surface area is 234 Å². The first kappa shape index (κ1) is 23.0. The lowest BCUT2D eigenvalue weighted by atomic mass is 10.0. The number of carbonyl (C=O) groups excluding carboxylic acids is 1. The van der Waals surface area contributed by atoms with Gasteiger partial charge in [-0.3, -0.25) is 9.78 Å². The van der Waals surface area contributed by atoms with Crippen LogP contribution in [-0.4, -0.2) is 58.2 Å². The van der Waals surface area contributed by atoms with Crippen LogP contribution in [0.5, 0.6) is 5.75 Å². The van der Waals surface area contributed by atoms with Crippen LogP contribution in [0.1, 0.15) is 26.6 Å². The van der Waals surface area contributed by atoms with Crippen molar-refractivity contribution in [1.82, 2.24) is 15.0 Å². The van der Waals surface area contributed by atoms with Gasteiger partial charge in [0.1, 0.15) is 17.3 Å². The molecule has 0 spiro atoms. The molecule has 40 heavy (non-hydrogen) atoms. The fourth-order valence-electron chi connectivity index (χ4n) is 4.78. The Hall–Kier alpha value is -4.92. The van der Waals surface area contributed by atoms with Crippen LogP contribution in [-0.2, 0) is 0 Å². The van der Waals surface area contributed by atoms with E-state index < -0.39 is 18.8 Å². The van der Waals surface area contributed by atoms with Crippen molar-refractivity contribution in [3.63, 3.8) is 0 Å². The molecular formula is C29H26FN7O3. The summed E-state index contributed by atoms with van der Waals surface area (Å²) in [5, 5.41) is 22.5. The number of nitriles is 1. The third kappa shape index (κ3) is 5.18. The quantitative estimate of drug-likeness (QED) is 0.319. The molecule has 5 rings (SSSR count). The van der Waals surface area contributed by atoms with Crippen molar-refractivity contribution in [3.05, 3.63) is 84.2 Å². The fraction of sp³-hybridized carbons (Fsp3) is 0.207. The van der Waals surface area contributed by atoms with Gasteiger partial charge in [0.15, 0.2) is 5.82 Å². The first-order valence-electron chi connectivity index (χ1n) is 13.8. The monoisotopic (exact) mass is 542 g/mol. The minimum absolute atomic E-state index is 0.126. The van der Waals surface area contributed by atoms with Gasteiger partial charge in [0.25, 0.3) is 5.91 Å². The van der Waals surface area contributed by atoms with Crippen LogP contribution in [0, 0.1) is 17.1 Å². The van der Waals surface area contributed by atoms with Crippen molar-refractivity contribution >= 4 is 17.3 Å². The number of carbonyl (C=O) groups is 1. The Bertz CT molecular complexity index is 1710. The number of rotatable bonds is 7. The van der Waals surface area contributed by atoms with Crippen molar-refractivity contribution in [2.75, 3.05) is 30.4 Å². The van der Waals surface area contributed by atoms with Crippen molar-refractivity contribution in [2.45, 2.75) is 18.5 Å². The van der Waals surface area contributed by atoms with Gasteiger partial charge in [0.2, 0.25) is 0 Å². The number of pyridine rings is 1. The second-order valence-electron chi connectivity index (χ2n) is 9.18. The number of halogens is 1. The number of ether oxygens (including phenoxy) is 1. The summed E-state index contributed by atoms with van der Waals surface area (Å²) in [4.78, 5) is 27.8. The molecule has 10 nitrogen and oxygen atoms in total. The van der Waals surface area contributed by atoms with Crippen LogP contribution in [0.15, 0.2) is 67.1 Å². The van der Waals surface area contributed by atoms with E-state index in [2.05, 4.69) is 26.3 Å². The Morgan fingerprint density at radius 1 is 1.32 bits per heavy atom. The van der Waals surface area contributed by atoms with E-state index in [0.717, 1.165) is 6.07 Å². The maximum atomic E-state index is 14.8. The normalized spacial score (nSPS) is 17.9. The summed E-state index contributed by atoms with van der Waals surface area (Å²) in [6.07, 6.45) is 4.88. The fourth-order valence-corrected chi connectivity index (χ4v) is 4.78. The molecule has 2 atom stereocenters. The summed E-state index contributed by atoms with van der Waals surface area (Å²) >= 11 is 0. The van der Waals surface area contributed by atoms with Crippen LogP contribution >= 0.6 is 0 Å². The van der Waals surface area contributed by atoms with Gasteiger partial charge in [-0.2, -0.15) is 5.26 Å².